The van der Waals surface area contributed by atoms with Crippen molar-refractivity contribution in [3.63, 3.8) is 0 Å². The van der Waals surface area contributed by atoms with E-state index in [4.69, 9.17) is 5.11 Å². The molecule has 0 fully saturated rings. The maximum Gasteiger partial charge on any atom is 0.405 e. The summed E-state index contributed by atoms with van der Waals surface area (Å²) in [6.45, 7) is 3.83. The normalized spacial score (nSPS) is 14.1. The average molecular weight is 399 g/mol. The van der Waals surface area contributed by atoms with Gasteiger partial charge in [0.1, 0.15) is 12.1 Å². The van der Waals surface area contributed by atoms with Gasteiger partial charge in [0.2, 0.25) is 5.91 Å². The van der Waals surface area contributed by atoms with E-state index in [1.54, 1.807) is 24.4 Å². The third kappa shape index (κ3) is 7.54. The summed E-state index contributed by atoms with van der Waals surface area (Å²) in [6.07, 6.45) is 0.822. The van der Waals surface area contributed by atoms with Crippen LogP contribution in [0.1, 0.15) is 44.1 Å². The van der Waals surface area contributed by atoms with Crippen LogP contribution in [-0.4, -0.2) is 39.3 Å². The first-order chi connectivity index (χ1) is 13.9. The molecular formula is C22H29N3O4. The Morgan fingerprint density at radius 3 is 2.31 bits per heavy atom. The summed E-state index contributed by atoms with van der Waals surface area (Å²) in [7, 11) is 0. The number of nitrogens with zero attached hydrogens (tertiary/aromatic N) is 1. The molecule has 1 heterocycles. The molecule has 1 aromatic heterocycles. The number of hydrogen-bond acceptors (Lipinski definition) is 4. The molecule has 4 N–H and O–H groups in total. The van der Waals surface area contributed by atoms with Crippen LogP contribution in [0.4, 0.5) is 4.79 Å². The van der Waals surface area contributed by atoms with Crippen molar-refractivity contribution in [2.75, 3.05) is 0 Å². The van der Waals surface area contributed by atoms with E-state index in [0.717, 1.165) is 5.56 Å². The summed E-state index contributed by atoms with van der Waals surface area (Å²) in [5.41, 5.74) is 1.54. The Hall–Kier alpha value is -2.93. The number of pyridine rings is 1. The van der Waals surface area contributed by atoms with Crippen LogP contribution in [0.3, 0.4) is 0 Å². The molecule has 2 aromatic rings. The van der Waals surface area contributed by atoms with Crippen molar-refractivity contribution in [2.24, 2.45) is 5.92 Å². The molecule has 0 saturated heterocycles. The topological polar surface area (TPSA) is 112 Å². The molecule has 29 heavy (non-hydrogen) atoms. The van der Waals surface area contributed by atoms with Crippen molar-refractivity contribution in [1.82, 2.24) is 15.6 Å². The maximum absolute atomic E-state index is 12.8. The van der Waals surface area contributed by atoms with Gasteiger partial charge in [-0.1, -0.05) is 50.2 Å². The SMILES string of the molecule is CC(C)C[C@H](NC(=O)O)C(=O)N[C@@H](CCc1ccccc1)C(O)c1ccccn1. The fourth-order valence-electron chi connectivity index (χ4n) is 3.17. The van der Waals surface area contributed by atoms with Crippen molar-refractivity contribution in [1.29, 1.82) is 0 Å². The Labute approximate surface area is 171 Å². The molecule has 0 bridgehead atoms. The molecule has 0 spiro atoms. The number of nitrogens with one attached hydrogen (secondary N) is 2. The van der Waals surface area contributed by atoms with Crippen molar-refractivity contribution in [3.05, 3.63) is 66.0 Å². The molecule has 156 valence electrons. The number of aryl methyl sites for hydroxylation is 1. The number of hydrogen-bond donors (Lipinski definition) is 4. The smallest absolute Gasteiger partial charge is 0.405 e. The van der Waals surface area contributed by atoms with Crippen molar-refractivity contribution >= 4 is 12.0 Å². The highest BCUT2D eigenvalue weighted by Gasteiger charge is 2.28. The van der Waals surface area contributed by atoms with Gasteiger partial charge in [-0.3, -0.25) is 9.78 Å². The van der Waals surface area contributed by atoms with Gasteiger partial charge in [-0.25, -0.2) is 4.79 Å². The zero-order valence-electron chi connectivity index (χ0n) is 16.8. The fraction of sp³-hybridized carbons (Fsp3) is 0.409. The van der Waals surface area contributed by atoms with Gasteiger partial charge in [0, 0.05) is 6.20 Å². The van der Waals surface area contributed by atoms with E-state index >= 15 is 0 Å². The quantitative estimate of drug-likeness (QED) is 0.491. The Morgan fingerprint density at radius 1 is 1.03 bits per heavy atom. The fourth-order valence-corrected chi connectivity index (χ4v) is 3.17. The van der Waals surface area contributed by atoms with Gasteiger partial charge >= 0.3 is 6.09 Å². The second-order valence-corrected chi connectivity index (χ2v) is 7.47. The minimum absolute atomic E-state index is 0.126. The summed E-state index contributed by atoms with van der Waals surface area (Å²) < 4.78 is 0. The van der Waals surface area contributed by atoms with Crippen molar-refractivity contribution in [2.45, 2.75) is 51.3 Å². The number of carbonyl (C=O) groups is 2. The summed E-state index contributed by atoms with van der Waals surface area (Å²) >= 11 is 0. The summed E-state index contributed by atoms with van der Waals surface area (Å²) in [5.74, 6) is -0.324. The van der Waals surface area contributed by atoms with Crippen LogP contribution in [0.25, 0.3) is 0 Å². The van der Waals surface area contributed by atoms with Gasteiger partial charge in [-0.15, -0.1) is 0 Å². The molecule has 2 rings (SSSR count). The largest absolute Gasteiger partial charge is 0.465 e. The molecule has 2 amide bonds. The number of rotatable bonds is 10. The van der Waals surface area contributed by atoms with Crippen LogP contribution in [0, 0.1) is 5.92 Å². The minimum Gasteiger partial charge on any atom is -0.465 e. The molecule has 0 aliphatic carbocycles. The third-order valence-electron chi connectivity index (χ3n) is 4.61. The van der Waals surface area contributed by atoms with E-state index in [-0.39, 0.29) is 5.92 Å². The van der Waals surface area contributed by atoms with Crippen LogP contribution in [-0.2, 0) is 11.2 Å². The number of carboxylic acid groups (broad SMARTS) is 1. The van der Waals surface area contributed by atoms with Crippen LogP contribution in [0.15, 0.2) is 54.7 Å². The molecule has 3 atom stereocenters. The highest BCUT2D eigenvalue weighted by Crippen LogP contribution is 2.19. The van der Waals surface area contributed by atoms with E-state index in [9.17, 15) is 14.7 Å². The second-order valence-electron chi connectivity index (χ2n) is 7.47. The molecule has 0 saturated carbocycles. The van der Waals surface area contributed by atoms with E-state index in [1.807, 2.05) is 44.2 Å². The first kappa shape index (κ1) is 22.4. The molecule has 7 nitrogen and oxygen atoms in total. The average Bonchev–Trinajstić information content (AvgIpc) is 2.70. The first-order valence-electron chi connectivity index (χ1n) is 9.79. The molecule has 0 aliphatic heterocycles. The number of carbonyl (C=O) groups excluding carboxylic acids is 1. The lowest BCUT2D eigenvalue weighted by molar-refractivity contribution is -0.125. The Bertz CT molecular complexity index is 768. The second kappa shape index (κ2) is 11.2. The Kier molecular flexibility index (Phi) is 8.61. The molecule has 1 aromatic carbocycles. The van der Waals surface area contributed by atoms with E-state index in [2.05, 4.69) is 15.6 Å². The van der Waals surface area contributed by atoms with E-state index in [0.29, 0.717) is 25.0 Å². The third-order valence-corrected chi connectivity index (χ3v) is 4.61. The van der Waals surface area contributed by atoms with Gasteiger partial charge < -0.3 is 20.8 Å². The molecule has 0 radical (unpaired) electrons. The monoisotopic (exact) mass is 399 g/mol. The van der Waals surface area contributed by atoms with Crippen LogP contribution in [0.2, 0.25) is 0 Å². The van der Waals surface area contributed by atoms with Crippen molar-refractivity contribution < 1.29 is 19.8 Å². The predicted octanol–water partition coefficient (Wildman–Crippen LogP) is 2.91. The van der Waals surface area contributed by atoms with Crippen molar-refractivity contribution in [3.8, 4) is 0 Å². The zero-order valence-corrected chi connectivity index (χ0v) is 16.8. The number of amides is 2. The summed E-state index contributed by atoms with van der Waals surface area (Å²) in [6, 6.07) is 13.5. The lowest BCUT2D eigenvalue weighted by Gasteiger charge is -2.27. The molecule has 0 aliphatic rings. The highest BCUT2D eigenvalue weighted by molar-refractivity contribution is 5.85. The summed E-state index contributed by atoms with van der Waals surface area (Å²) in [5, 5.41) is 25.0. The molecule has 1 unspecified atom stereocenters. The number of aromatic nitrogens is 1. The van der Waals surface area contributed by atoms with Gasteiger partial charge in [-0.05, 0) is 42.9 Å². The van der Waals surface area contributed by atoms with Crippen LogP contribution in [0.5, 0.6) is 0 Å². The lowest BCUT2D eigenvalue weighted by Crippen LogP contribution is -2.51. The molecular weight excluding hydrogens is 370 g/mol. The number of aliphatic hydroxyl groups is 1. The highest BCUT2D eigenvalue weighted by atomic mass is 16.4. The van der Waals surface area contributed by atoms with Gasteiger partial charge in [0.25, 0.3) is 0 Å². The maximum atomic E-state index is 12.8. The summed E-state index contributed by atoms with van der Waals surface area (Å²) in [4.78, 5) is 28.1. The minimum atomic E-state index is -1.25. The van der Waals surface area contributed by atoms with Gasteiger partial charge in [0.15, 0.2) is 0 Å². The standard InChI is InChI=1S/C22H29N3O4/c1-15(2)14-19(25-22(28)29)21(27)24-18(12-11-16-8-4-3-5-9-16)20(26)17-10-6-7-13-23-17/h3-10,13,15,18-20,25-26H,11-12,14H2,1-2H3,(H,24,27)(H,28,29)/t18-,19-,20?/m0/s1. The van der Waals surface area contributed by atoms with Gasteiger partial charge in [0.05, 0.1) is 11.7 Å². The van der Waals surface area contributed by atoms with Crippen LogP contribution < -0.4 is 10.6 Å². The number of benzene rings is 1. The van der Waals surface area contributed by atoms with Crippen LogP contribution >= 0.6 is 0 Å². The van der Waals surface area contributed by atoms with E-state index < -0.39 is 30.2 Å². The first-order valence-corrected chi connectivity index (χ1v) is 9.79. The van der Waals surface area contributed by atoms with E-state index in [1.165, 1.54) is 0 Å². The van der Waals surface area contributed by atoms with Gasteiger partial charge in [-0.2, -0.15) is 0 Å². The molecule has 7 heteroatoms. The number of aliphatic hydroxyl groups excluding tert-OH is 1. The lowest BCUT2D eigenvalue weighted by atomic mass is 9.97. The predicted molar refractivity (Wildman–Crippen MR) is 110 cm³/mol. The Balaban J connectivity index is 2.16. The zero-order chi connectivity index (χ0) is 21.2. The Morgan fingerprint density at radius 2 is 1.72 bits per heavy atom.